The van der Waals surface area contributed by atoms with Gasteiger partial charge in [-0.2, -0.15) is 0 Å². The van der Waals surface area contributed by atoms with E-state index in [4.69, 9.17) is 5.73 Å². The molecule has 172 valence electrons. The van der Waals surface area contributed by atoms with Crippen LogP contribution in [0, 0.1) is 10.1 Å². The molecule has 0 fully saturated rings. The van der Waals surface area contributed by atoms with Crippen molar-refractivity contribution in [1.82, 2.24) is 20.0 Å². The van der Waals surface area contributed by atoms with Crippen molar-refractivity contribution in [3.63, 3.8) is 0 Å². The number of amides is 1. The monoisotopic (exact) mass is 457 g/mol. The number of nitro benzene ring substituents is 1. The van der Waals surface area contributed by atoms with Crippen LogP contribution in [-0.4, -0.2) is 30.8 Å². The van der Waals surface area contributed by atoms with Gasteiger partial charge < -0.3 is 11.1 Å². The van der Waals surface area contributed by atoms with Gasteiger partial charge in [0.05, 0.1) is 22.0 Å². The van der Waals surface area contributed by atoms with Crippen molar-refractivity contribution < 1.29 is 9.72 Å². The number of nitrogens with one attached hydrogen (secondary N) is 1. The molecule has 0 aliphatic heterocycles. The molecular weight excluding hydrogens is 434 g/mol. The van der Waals surface area contributed by atoms with Gasteiger partial charge in [0.2, 0.25) is 5.91 Å². The van der Waals surface area contributed by atoms with E-state index in [1.807, 2.05) is 24.3 Å². The Morgan fingerprint density at radius 3 is 2.65 bits per heavy atom. The highest BCUT2D eigenvalue weighted by atomic mass is 16.6. The zero-order chi connectivity index (χ0) is 23.9. The first-order valence-corrected chi connectivity index (χ1v) is 10.7. The molecule has 34 heavy (non-hydrogen) atoms. The number of anilines is 2. The van der Waals surface area contributed by atoms with Gasteiger partial charge in [0.25, 0.3) is 5.69 Å². The molecule has 2 aromatic heterocycles. The van der Waals surface area contributed by atoms with E-state index in [0.29, 0.717) is 36.5 Å². The summed E-state index contributed by atoms with van der Waals surface area (Å²) in [5.74, 6) is -0.171. The van der Waals surface area contributed by atoms with E-state index in [2.05, 4.69) is 20.6 Å². The first-order chi connectivity index (χ1) is 16.5. The van der Waals surface area contributed by atoms with Gasteiger partial charge >= 0.3 is 0 Å². The van der Waals surface area contributed by atoms with Gasteiger partial charge in [-0.3, -0.25) is 24.6 Å². The molecule has 0 saturated carbocycles. The summed E-state index contributed by atoms with van der Waals surface area (Å²) in [6, 6.07) is 15.7. The van der Waals surface area contributed by atoms with Gasteiger partial charge in [0.15, 0.2) is 0 Å². The minimum atomic E-state index is -0.421. The predicted octanol–water partition coefficient (Wildman–Crippen LogP) is 3.64. The van der Waals surface area contributed by atoms with E-state index >= 15 is 0 Å². The Labute approximate surface area is 195 Å². The zero-order valence-corrected chi connectivity index (χ0v) is 18.3. The first-order valence-electron chi connectivity index (χ1n) is 10.7. The van der Waals surface area contributed by atoms with E-state index in [1.54, 1.807) is 41.5 Å². The van der Waals surface area contributed by atoms with Crippen molar-refractivity contribution in [2.75, 3.05) is 11.1 Å². The molecule has 2 aromatic carbocycles. The largest absolute Gasteiger partial charge is 0.397 e. The molecule has 0 bridgehead atoms. The molecular formula is C24H23N7O3. The van der Waals surface area contributed by atoms with E-state index in [9.17, 15) is 14.9 Å². The van der Waals surface area contributed by atoms with Crippen LogP contribution in [0.1, 0.15) is 17.7 Å². The smallest absolute Gasteiger partial charge is 0.269 e. The van der Waals surface area contributed by atoms with Crippen LogP contribution in [0.3, 0.4) is 0 Å². The van der Waals surface area contributed by atoms with E-state index in [0.717, 1.165) is 16.7 Å². The minimum Gasteiger partial charge on any atom is -0.397 e. The number of carbonyl (C=O) groups is 1. The van der Waals surface area contributed by atoms with Gasteiger partial charge in [-0.1, -0.05) is 29.5 Å². The summed E-state index contributed by atoms with van der Waals surface area (Å²) in [5, 5.41) is 21.8. The predicted molar refractivity (Wildman–Crippen MR) is 128 cm³/mol. The fraction of sp³-hybridized carbons (Fsp3) is 0.167. The SMILES string of the molecule is Nc1ccc(-c2cccnc2)cc1NC(=O)CCc1cn(CCc2ccc([N+](=O)[O-])cc2)nn1. The second-order valence-corrected chi connectivity index (χ2v) is 7.74. The zero-order valence-electron chi connectivity index (χ0n) is 18.3. The Hall–Kier alpha value is -4.60. The highest BCUT2D eigenvalue weighted by Crippen LogP contribution is 2.27. The molecule has 10 heteroatoms. The lowest BCUT2D eigenvalue weighted by Crippen LogP contribution is -2.13. The molecule has 0 aliphatic rings. The maximum absolute atomic E-state index is 12.5. The fourth-order valence-corrected chi connectivity index (χ4v) is 3.42. The molecule has 10 nitrogen and oxygen atoms in total. The number of hydrogen-bond donors (Lipinski definition) is 2. The molecule has 0 saturated heterocycles. The molecule has 0 aliphatic carbocycles. The highest BCUT2D eigenvalue weighted by Gasteiger charge is 2.10. The van der Waals surface area contributed by atoms with E-state index in [-0.39, 0.29) is 18.0 Å². The molecule has 0 unspecified atom stereocenters. The van der Waals surface area contributed by atoms with Gasteiger partial charge in [-0.25, -0.2) is 0 Å². The lowest BCUT2D eigenvalue weighted by molar-refractivity contribution is -0.384. The summed E-state index contributed by atoms with van der Waals surface area (Å²) in [6.07, 6.45) is 6.59. The maximum atomic E-state index is 12.5. The van der Waals surface area contributed by atoms with Crippen molar-refractivity contribution in [2.45, 2.75) is 25.8 Å². The fourth-order valence-electron chi connectivity index (χ4n) is 3.42. The molecule has 4 aromatic rings. The number of aromatic nitrogens is 4. The molecule has 3 N–H and O–H groups in total. The van der Waals surface area contributed by atoms with Gasteiger partial charge in [-0.05, 0) is 35.7 Å². The van der Waals surface area contributed by atoms with Crippen molar-refractivity contribution in [1.29, 1.82) is 0 Å². The number of nitrogens with zero attached hydrogens (tertiary/aromatic N) is 5. The highest BCUT2D eigenvalue weighted by molar-refractivity contribution is 5.95. The number of benzene rings is 2. The van der Waals surface area contributed by atoms with Crippen LogP contribution in [0.25, 0.3) is 11.1 Å². The molecule has 0 radical (unpaired) electrons. The van der Waals surface area contributed by atoms with E-state index < -0.39 is 4.92 Å². The second kappa shape index (κ2) is 10.3. The number of nitrogens with two attached hydrogens (primary N) is 1. The number of non-ortho nitro benzene ring substituents is 1. The number of nitro groups is 1. The molecule has 1 amide bonds. The van der Waals surface area contributed by atoms with Crippen LogP contribution in [-0.2, 0) is 24.2 Å². The topological polar surface area (TPSA) is 142 Å². The third kappa shape index (κ3) is 5.80. The summed E-state index contributed by atoms with van der Waals surface area (Å²) in [6.45, 7) is 0.578. The number of pyridine rings is 1. The minimum absolute atomic E-state index is 0.0654. The summed E-state index contributed by atoms with van der Waals surface area (Å²) < 4.78 is 1.70. The third-order valence-corrected chi connectivity index (χ3v) is 5.29. The second-order valence-electron chi connectivity index (χ2n) is 7.74. The Bertz CT molecular complexity index is 1290. The molecule has 2 heterocycles. The lowest BCUT2D eigenvalue weighted by atomic mass is 10.1. The Morgan fingerprint density at radius 2 is 1.91 bits per heavy atom. The van der Waals surface area contributed by atoms with Crippen LogP contribution in [0.15, 0.2) is 73.2 Å². The Balaban J connectivity index is 1.29. The summed E-state index contributed by atoms with van der Waals surface area (Å²) >= 11 is 0. The molecule has 0 spiro atoms. The summed E-state index contributed by atoms with van der Waals surface area (Å²) in [4.78, 5) is 26.9. The molecule has 0 atom stereocenters. The number of hydrogen-bond acceptors (Lipinski definition) is 7. The Kier molecular flexibility index (Phi) is 6.87. The lowest BCUT2D eigenvalue weighted by Gasteiger charge is -2.10. The third-order valence-electron chi connectivity index (χ3n) is 5.29. The average Bonchev–Trinajstić information content (AvgIpc) is 3.31. The van der Waals surface area contributed by atoms with Crippen molar-refractivity contribution >= 4 is 23.0 Å². The maximum Gasteiger partial charge on any atom is 0.269 e. The van der Waals surface area contributed by atoms with E-state index in [1.165, 1.54) is 12.1 Å². The quantitative estimate of drug-likeness (QED) is 0.222. The standard InChI is InChI=1S/C24H23N7O3/c25-22-9-5-18(19-2-1-12-26-15-19)14-23(22)27-24(32)10-6-20-16-30(29-28-20)13-11-17-3-7-21(8-4-17)31(33)34/h1-5,7-9,12,14-16H,6,10-11,13,25H2,(H,27,32). The number of rotatable bonds is 9. The average molecular weight is 457 g/mol. The first kappa shape index (κ1) is 22.6. The van der Waals surface area contributed by atoms with Crippen molar-refractivity contribution in [3.05, 3.63) is 94.6 Å². The summed E-state index contributed by atoms with van der Waals surface area (Å²) in [5.41, 5.74) is 10.7. The van der Waals surface area contributed by atoms with Gasteiger partial charge in [-0.15, -0.1) is 5.10 Å². The number of aryl methyl sites for hydroxylation is 3. The number of nitrogen functional groups attached to an aromatic ring is 1. The van der Waals surface area contributed by atoms with Gasteiger partial charge in [0.1, 0.15) is 0 Å². The van der Waals surface area contributed by atoms with Crippen molar-refractivity contribution in [3.8, 4) is 11.1 Å². The Morgan fingerprint density at radius 1 is 1.09 bits per heavy atom. The van der Waals surface area contributed by atoms with Crippen LogP contribution >= 0.6 is 0 Å². The van der Waals surface area contributed by atoms with Crippen LogP contribution in [0.2, 0.25) is 0 Å². The van der Waals surface area contributed by atoms with Crippen molar-refractivity contribution in [2.24, 2.45) is 0 Å². The number of carbonyl (C=O) groups excluding carboxylic acids is 1. The normalized spacial score (nSPS) is 10.7. The van der Waals surface area contributed by atoms with Crippen LogP contribution < -0.4 is 11.1 Å². The van der Waals surface area contributed by atoms with Crippen LogP contribution in [0.4, 0.5) is 17.1 Å². The van der Waals surface area contributed by atoms with Gasteiger partial charge in [0, 0.05) is 55.7 Å². The van der Waals surface area contributed by atoms with Crippen LogP contribution in [0.5, 0.6) is 0 Å². The summed E-state index contributed by atoms with van der Waals surface area (Å²) in [7, 11) is 0. The molecule has 4 rings (SSSR count).